The number of likely N-dealkylation sites (N-methyl/N-ethyl adjacent to an activating group) is 1. The highest BCUT2D eigenvalue weighted by Gasteiger charge is 2.31. The second-order valence-electron chi connectivity index (χ2n) is 5.42. The highest BCUT2D eigenvalue weighted by atomic mass is 16.3. The lowest BCUT2D eigenvalue weighted by molar-refractivity contribution is 0.115. The van der Waals surface area contributed by atoms with Gasteiger partial charge in [0.25, 0.3) is 0 Å². The van der Waals surface area contributed by atoms with Crippen LogP contribution >= 0.6 is 0 Å². The van der Waals surface area contributed by atoms with Crippen molar-refractivity contribution >= 4 is 0 Å². The Morgan fingerprint density at radius 3 is 2.67 bits per heavy atom. The first kappa shape index (κ1) is 12.7. The third kappa shape index (κ3) is 3.59. The van der Waals surface area contributed by atoms with Crippen molar-refractivity contribution in [2.45, 2.75) is 19.9 Å². The van der Waals surface area contributed by atoms with Gasteiger partial charge in [-0.25, -0.2) is 0 Å². The van der Waals surface area contributed by atoms with E-state index in [0.717, 1.165) is 26.2 Å². The van der Waals surface area contributed by atoms with Crippen LogP contribution in [-0.4, -0.2) is 60.8 Å². The van der Waals surface area contributed by atoms with Crippen LogP contribution in [0.2, 0.25) is 0 Å². The van der Waals surface area contributed by atoms with Crippen molar-refractivity contribution in [1.29, 1.82) is 0 Å². The van der Waals surface area contributed by atoms with Crippen LogP contribution in [0.3, 0.4) is 0 Å². The molecule has 0 aromatic rings. The molecule has 0 aromatic carbocycles. The first-order valence-corrected chi connectivity index (χ1v) is 5.63. The largest absolute Gasteiger partial charge is 0.395 e. The molecule has 0 spiro atoms. The highest BCUT2D eigenvalue weighted by molar-refractivity contribution is 4.89. The van der Waals surface area contributed by atoms with Crippen LogP contribution in [0.4, 0.5) is 0 Å². The van der Waals surface area contributed by atoms with Crippen molar-refractivity contribution in [2.75, 3.05) is 39.8 Å². The zero-order valence-electron chi connectivity index (χ0n) is 10.2. The van der Waals surface area contributed by atoms with Gasteiger partial charge in [-0.1, -0.05) is 19.9 Å². The summed E-state index contributed by atoms with van der Waals surface area (Å²) in [7, 11) is 2.13. The number of hydrogen-bond acceptors (Lipinski definition) is 3. The maximum atomic E-state index is 9.40. The number of hydrogen-bond donors (Lipinski definition) is 1. The van der Waals surface area contributed by atoms with Crippen LogP contribution in [-0.2, 0) is 0 Å². The van der Waals surface area contributed by atoms with E-state index in [4.69, 9.17) is 0 Å². The summed E-state index contributed by atoms with van der Waals surface area (Å²) in [5.41, 5.74) is 0.279. The second kappa shape index (κ2) is 5.10. The van der Waals surface area contributed by atoms with Gasteiger partial charge in [-0.05, 0) is 12.5 Å². The minimum absolute atomic E-state index is 0.230. The van der Waals surface area contributed by atoms with Crippen LogP contribution in [0.15, 0.2) is 12.7 Å². The van der Waals surface area contributed by atoms with Crippen LogP contribution in [0.5, 0.6) is 0 Å². The summed E-state index contributed by atoms with van der Waals surface area (Å²) in [6.07, 6.45) is 1.92. The number of rotatable bonds is 3. The fraction of sp³-hybridized carbons (Fsp3) is 0.833. The van der Waals surface area contributed by atoms with Gasteiger partial charge in [-0.2, -0.15) is 0 Å². The smallest absolute Gasteiger partial charge is 0.0599 e. The molecule has 1 aliphatic heterocycles. The lowest BCUT2D eigenvalue weighted by atomic mass is 9.92. The molecular weight excluding hydrogens is 188 g/mol. The van der Waals surface area contributed by atoms with Gasteiger partial charge in [-0.15, -0.1) is 6.58 Å². The van der Waals surface area contributed by atoms with Crippen LogP contribution in [0, 0.1) is 5.41 Å². The first-order chi connectivity index (χ1) is 6.98. The topological polar surface area (TPSA) is 26.7 Å². The summed E-state index contributed by atoms with van der Waals surface area (Å²) in [5, 5.41) is 9.40. The molecule has 1 atom stereocenters. The monoisotopic (exact) mass is 212 g/mol. The molecule has 88 valence electrons. The summed E-state index contributed by atoms with van der Waals surface area (Å²) >= 11 is 0. The van der Waals surface area contributed by atoms with Crippen molar-refractivity contribution in [3.8, 4) is 0 Å². The predicted octanol–water partition coefficient (Wildman–Crippen LogP) is 0.807. The molecule has 0 radical (unpaired) electrons. The normalized spacial score (nSPS) is 28.7. The molecule has 15 heavy (non-hydrogen) atoms. The van der Waals surface area contributed by atoms with E-state index in [-0.39, 0.29) is 18.1 Å². The SMILES string of the molecule is C=CCN1CC(C)(C)CN(C)CC1CO. The Balaban J connectivity index is 2.76. The van der Waals surface area contributed by atoms with Crippen LogP contribution in [0.25, 0.3) is 0 Å². The van der Waals surface area contributed by atoms with Crippen LogP contribution in [0.1, 0.15) is 13.8 Å². The van der Waals surface area contributed by atoms with E-state index in [2.05, 4.69) is 37.3 Å². The zero-order valence-corrected chi connectivity index (χ0v) is 10.2. The van der Waals surface area contributed by atoms with Crippen LogP contribution < -0.4 is 0 Å². The average Bonchev–Trinajstić information content (AvgIpc) is 2.21. The number of aliphatic hydroxyl groups excluding tert-OH is 1. The zero-order chi connectivity index (χ0) is 11.5. The molecule has 0 bridgehead atoms. The summed E-state index contributed by atoms with van der Waals surface area (Å²) < 4.78 is 0. The van der Waals surface area contributed by atoms with Crippen molar-refractivity contribution in [2.24, 2.45) is 5.41 Å². The Morgan fingerprint density at radius 1 is 1.47 bits per heavy atom. The van der Waals surface area contributed by atoms with E-state index < -0.39 is 0 Å². The van der Waals surface area contributed by atoms with Crippen molar-refractivity contribution < 1.29 is 5.11 Å². The minimum atomic E-state index is 0.230. The molecule has 3 nitrogen and oxygen atoms in total. The average molecular weight is 212 g/mol. The molecule has 1 rings (SSSR count). The molecule has 0 saturated carbocycles. The summed E-state index contributed by atoms with van der Waals surface area (Å²) in [6.45, 7) is 12.5. The third-order valence-electron chi connectivity index (χ3n) is 2.94. The molecule has 1 aliphatic rings. The first-order valence-electron chi connectivity index (χ1n) is 5.63. The molecule has 0 amide bonds. The molecule has 0 aromatic heterocycles. The highest BCUT2D eigenvalue weighted by Crippen LogP contribution is 2.23. The molecule has 1 N–H and O–H groups in total. The standard InChI is InChI=1S/C12H24N2O/c1-5-6-14-10-12(2,3)9-13(4)7-11(14)8-15/h5,11,15H,1,6-10H2,2-4H3. The molecule has 1 saturated heterocycles. The lowest BCUT2D eigenvalue weighted by Crippen LogP contribution is -2.43. The van der Waals surface area contributed by atoms with E-state index in [1.165, 1.54) is 0 Å². The Kier molecular flexibility index (Phi) is 4.32. The second-order valence-corrected chi connectivity index (χ2v) is 5.42. The van der Waals surface area contributed by atoms with Gasteiger partial charge >= 0.3 is 0 Å². The van der Waals surface area contributed by atoms with Crippen molar-refractivity contribution in [3.05, 3.63) is 12.7 Å². The fourth-order valence-corrected chi connectivity index (χ4v) is 2.55. The number of nitrogens with zero attached hydrogens (tertiary/aromatic N) is 2. The summed E-state index contributed by atoms with van der Waals surface area (Å²) in [5.74, 6) is 0. The molecule has 0 aliphatic carbocycles. The lowest BCUT2D eigenvalue weighted by Gasteiger charge is -2.32. The van der Waals surface area contributed by atoms with E-state index in [1.54, 1.807) is 0 Å². The van der Waals surface area contributed by atoms with E-state index in [9.17, 15) is 5.11 Å². The predicted molar refractivity (Wildman–Crippen MR) is 63.9 cm³/mol. The van der Waals surface area contributed by atoms with Crippen molar-refractivity contribution in [1.82, 2.24) is 9.80 Å². The maximum absolute atomic E-state index is 9.40. The Bertz CT molecular complexity index is 216. The molecule has 1 heterocycles. The van der Waals surface area contributed by atoms with Gasteiger partial charge < -0.3 is 10.0 Å². The van der Waals surface area contributed by atoms with Gasteiger partial charge in [0, 0.05) is 32.2 Å². The Morgan fingerprint density at radius 2 is 2.13 bits per heavy atom. The molecule has 1 unspecified atom stereocenters. The fourth-order valence-electron chi connectivity index (χ4n) is 2.55. The van der Waals surface area contributed by atoms with Gasteiger partial charge in [0.1, 0.15) is 0 Å². The molecule has 3 heteroatoms. The van der Waals surface area contributed by atoms with Gasteiger partial charge in [-0.3, -0.25) is 4.90 Å². The van der Waals surface area contributed by atoms with Gasteiger partial charge in [0.15, 0.2) is 0 Å². The quantitative estimate of drug-likeness (QED) is 0.701. The van der Waals surface area contributed by atoms with E-state index in [1.807, 2.05) is 6.08 Å². The minimum Gasteiger partial charge on any atom is -0.395 e. The maximum Gasteiger partial charge on any atom is 0.0599 e. The van der Waals surface area contributed by atoms with E-state index in [0.29, 0.717) is 0 Å². The van der Waals surface area contributed by atoms with Gasteiger partial charge in [0.05, 0.1) is 6.61 Å². The summed E-state index contributed by atoms with van der Waals surface area (Å²) in [4.78, 5) is 4.64. The number of aliphatic hydroxyl groups is 1. The summed E-state index contributed by atoms with van der Waals surface area (Å²) in [6, 6.07) is 0.245. The molecular formula is C12H24N2O. The Hall–Kier alpha value is -0.380. The van der Waals surface area contributed by atoms with Gasteiger partial charge in [0.2, 0.25) is 0 Å². The van der Waals surface area contributed by atoms with Crippen molar-refractivity contribution in [3.63, 3.8) is 0 Å². The van der Waals surface area contributed by atoms with E-state index >= 15 is 0 Å². The third-order valence-corrected chi connectivity index (χ3v) is 2.94. The molecule has 1 fully saturated rings. The Labute approximate surface area is 93.4 Å².